The Morgan fingerprint density at radius 1 is 1.18 bits per heavy atom. The van der Waals surface area contributed by atoms with Crippen LogP contribution in [-0.2, 0) is 6.61 Å². The van der Waals surface area contributed by atoms with Gasteiger partial charge in [-0.15, -0.1) is 0 Å². The first-order valence-corrected chi connectivity index (χ1v) is 10.9. The average molecular weight is 528 g/mol. The van der Waals surface area contributed by atoms with Gasteiger partial charge in [-0.1, -0.05) is 39.7 Å². The summed E-state index contributed by atoms with van der Waals surface area (Å²) in [5, 5.41) is 16.8. The van der Waals surface area contributed by atoms with Crippen LogP contribution in [-0.4, -0.2) is 20.8 Å². The number of aromatic nitrogens is 2. The highest BCUT2D eigenvalue weighted by atomic mass is 79.9. The van der Waals surface area contributed by atoms with Crippen molar-refractivity contribution in [1.82, 2.24) is 9.66 Å². The molecule has 4 aromatic rings. The lowest BCUT2D eigenvalue weighted by Gasteiger charge is -2.08. The van der Waals surface area contributed by atoms with Gasteiger partial charge in [0.25, 0.3) is 5.56 Å². The predicted molar refractivity (Wildman–Crippen MR) is 130 cm³/mol. The fraction of sp³-hybridized carbons (Fsp3) is 0.0870. The number of nitro groups is 1. The molecule has 8 nitrogen and oxygen atoms in total. The van der Waals surface area contributed by atoms with E-state index in [0.717, 1.165) is 14.7 Å². The van der Waals surface area contributed by atoms with Crippen LogP contribution in [0, 0.1) is 17.0 Å². The largest absolute Gasteiger partial charge is 0.482 e. The van der Waals surface area contributed by atoms with Crippen molar-refractivity contribution in [2.75, 3.05) is 0 Å². The van der Waals surface area contributed by atoms with E-state index in [-0.39, 0.29) is 23.6 Å². The number of hydrogen-bond acceptors (Lipinski definition) is 6. The van der Waals surface area contributed by atoms with Crippen LogP contribution >= 0.6 is 27.5 Å². The molecule has 0 aliphatic carbocycles. The zero-order valence-electron chi connectivity index (χ0n) is 17.2. The monoisotopic (exact) mass is 526 g/mol. The number of halogens is 2. The molecule has 0 unspecified atom stereocenters. The summed E-state index contributed by atoms with van der Waals surface area (Å²) < 4.78 is 7.55. The van der Waals surface area contributed by atoms with Gasteiger partial charge in [0, 0.05) is 21.1 Å². The topological polar surface area (TPSA) is 99.6 Å². The van der Waals surface area contributed by atoms with Gasteiger partial charge in [0.05, 0.1) is 22.0 Å². The number of ether oxygens (including phenoxy) is 1. The van der Waals surface area contributed by atoms with Gasteiger partial charge in [-0.3, -0.25) is 14.9 Å². The van der Waals surface area contributed by atoms with Crippen LogP contribution in [0.1, 0.15) is 17.0 Å². The molecular formula is C23H16BrClN4O4. The van der Waals surface area contributed by atoms with E-state index in [1.165, 1.54) is 18.3 Å². The van der Waals surface area contributed by atoms with Crippen LogP contribution in [0.3, 0.4) is 0 Å². The Morgan fingerprint density at radius 3 is 2.67 bits per heavy atom. The summed E-state index contributed by atoms with van der Waals surface area (Å²) in [7, 11) is 0. The third kappa shape index (κ3) is 5.10. The van der Waals surface area contributed by atoms with Gasteiger partial charge in [0.2, 0.25) is 0 Å². The first-order valence-electron chi connectivity index (χ1n) is 9.71. The fourth-order valence-electron chi connectivity index (χ4n) is 3.14. The maximum atomic E-state index is 12.8. The molecule has 0 N–H and O–H groups in total. The summed E-state index contributed by atoms with van der Waals surface area (Å²) in [5.41, 5.74) is 1.26. The fourth-order valence-corrected chi connectivity index (χ4v) is 3.63. The lowest BCUT2D eigenvalue weighted by atomic mass is 10.2. The molecule has 1 heterocycles. The molecule has 0 saturated carbocycles. The number of rotatable bonds is 6. The molecule has 0 saturated heterocycles. The molecule has 10 heteroatoms. The highest BCUT2D eigenvalue weighted by Crippen LogP contribution is 2.28. The Labute approximate surface area is 201 Å². The predicted octanol–water partition coefficient (Wildman–Crippen LogP) is 5.49. The van der Waals surface area contributed by atoms with Crippen LogP contribution in [0.25, 0.3) is 10.9 Å². The molecule has 0 spiro atoms. The maximum absolute atomic E-state index is 12.8. The third-order valence-corrected chi connectivity index (χ3v) is 5.52. The van der Waals surface area contributed by atoms with Gasteiger partial charge in [-0.2, -0.15) is 9.78 Å². The maximum Gasteiger partial charge on any atom is 0.311 e. The lowest BCUT2D eigenvalue weighted by Crippen LogP contribution is -2.20. The Balaban J connectivity index is 1.62. The molecule has 0 atom stereocenters. The van der Waals surface area contributed by atoms with Crippen LogP contribution in [0.5, 0.6) is 5.75 Å². The molecule has 0 fully saturated rings. The second kappa shape index (κ2) is 9.51. The van der Waals surface area contributed by atoms with Crippen molar-refractivity contribution in [3.63, 3.8) is 0 Å². The zero-order chi connectivity index (χ0) is 23.5. The Bertz CT molecular complexity index is 1450. The third-order valence-electron chi connectivity index (χ3n) is 4.78. The van der Waals surface area contributed by atoms with Crippen LogP contribution in [0.4, 0.5) is 5.69 Å². The summed E-state index contributed by atoms with van der Waals surface area (Å²) in [6.45, 7) is 1.81. The van der Waals surface area contributed by atoms with Crippen LogP contribution in [0.15, 0.2) is 75.0 Å². The summed E-state index contributed by atoms with van der Waals surface area (Å²) in [4.78, 5) is 28.3. The molecule has 4 rings (SSSR count). The highest BCUT2D eigenvalue weighted by molar-refractivity contribution is 9.10. The standard InChI is InChI=1S/C23H16BrClN4O4/c1-14-27-20-8-5-17(24)11-19(20)23(30)28(14)26-12-16-4-9-22(21(10-16)29(31)32)33-13-15-2-6-18(25)7-3-15/h2-12H,13H2,1H3. The van der Waals surface area contributed by atoms with Crippen molar-refractivity contribution < 1.29 is 9.66 Å². The minimum Gasteiger partial charge on any atom is -0.482 e. The minimum absolute atomic E-state index is 0.123. The van der Waals surface area contributed by atoms with Gasteiger partial charge in [-0.25, -0.2) is 4.98 Å². The van der Waals surface area contributed by atoms with E-state index < -0.39 is 4.92 Å². The van der Waals surface area contributed by atoms with Crippen LogP contribution < -0.4 is 10.3 Å². The van der Waals surface area contributed by atoms with E-state index in [9.17, 15) is 14.9 Å². The first-order chi connectivity index (χ1) is 15.8. The zero-order valence-corrected chi connectivity index (χ0v) is 19.6. The van der Waals surface area contributed by atoms with Crippen molar-refractivity contribution in [1.29, 1.82) is 0 Å². The summed E-state index contributed by atoms with van der Waals surface area (Å²) in [5.74, 6) is 0.515. The Kier molecular flexibility index (Phi) is 6.52. The Morgan fingerprint density at radius 2 is 1.94 bits per heavy atom. The van der Waals surface area contributed by atoms with E-state index in [2.05, 4.69) is 26.0 Å². The van der Waals surface area contributed by atoms with E-state index >= 15 is 0 Å². The van der Waals surface area contributed by atoms with Crippen molar-refractivity contribution >= 4 is 50.3 Å². The van der Waals surface area contributed by atoms with Gasteiger partial charge in [0.15, 0.2) is 5.75 Å². The van der Waals surface area contributed by atoms with Crippen molar-refractivity contribution in [3.8, 4) is 5.75 Å². The summed E-state index contributed by atoms with van der Waals surface area (Å²) >= 11 is 9.22. The smallest absolute Gasteiger partial charge is 0.311 e. The second-order valence-electron chi connectivity index (χ2n) is 7.08. The quantitative estimate of drug-likeness (QED) is 0.187. The average Bonchev–Trinajstić information content (AvgIpc) is 2.79. The van der Waals surface area contributed by atoms with Crippen molar-refractivity contribution in [2.45, 2.75) is 13.5 Å². The van der Waals surface area contributed by atoms with E-state index in [4.69, 9.17) is 16.3 Å². The normalized spacial score (nSPS) is 11.2. The molecule has 33 heavy (non-hydrogen) atoms. The van der Waals surface area contributed by atoms with E-state index in [1.54, 1.807) is 55.5 Å². The van der Waals surface area contributed by atoms with Crippen molar-refractivity contribution in [2.24, 2.45) is 5.10 Å². The second-order valence-corrected chi connectivity index (χ2v) is 8.43. The summed E-state index contributed by atoms with van der Waals surface area (Å²) in [6, 6.07) is 16.7. The van der Waals surface area contributed by atoms with Crippen molar-refractivity contribution in [3.05, 3.63) is 108 Å². The van der Waals surface area contributed by atoms with Gasteiger partial charge < -0.3 is 4.74 Å². The van der Waals surface area contributed by atoms with Gasteiger partial charge >= 0.3 is 5.69 Å². The number of hydrogen-bond donors (Lipinski definition) is 0. The number of nitro benzene ring substituents is 1. The first kappa shape index (κ1) is 22.6. The highest BCUT2D eigenvalue weighted by Gasteiger charge is 2.16. The summed E-state index contributed by atoms with van der Waals surface area (Å²) in [6.07, 6.45) is 1.37. The molecule has 3 aromatic carbocycles. The van der Waals surface area contributed by atoms with E-state index in [1.807, 2.05) is 0 Å². The van der Waals surface area contributed by atoms with Gasteiger partial charge in [-0.05, 0) is 55.0 Å². The number of benzene rings is 3. The van der Waals surface area contributed by atoms with E-state index in [0.29, 0.717) is 27.3 Å². The lowest BCUT2D eigenvalue weighted by molar-refractivity contribution is -0.385. The molecule has 0 amide bonds. The van der Waals surface area contributed by atoms with Crippen LogP contribution in [0.2, 0.25) is 5.02 Å². The molecule has 0 radical (unpaired) electrons. The molecule has 0 aliphatic heterocycles. The molecule has 1 aromatic heterocycles. The Hall–Kier alpha value is -3.56. The molecular weight excluding hydrogens is 512 g/mol. The number of aryl methyl sites for hydroxylation is 1. The number of nitrogens with zero attached hydrogens (tertiary/aromatic N) is 4. The molecule has 166 valence electrons. The molecule has 0 aliphatic rings. The SMILES string of the molecule is Cc1nc2ccc(Br)cc2c(=O)n1N=Cc1ccc(OCc2ccc(Cl)cc2)c([N+](=O)[O-])c1. The number of fused-ring (bicyclic) bond motifs is 1. The molecule has 0 bridgehead atoms. The van der Waals surface area contributed by atoms with Gasteiger partial charge in [0.1, 0.15) is 12.4 Å². The minimum atomic E-state index is -0.527.